The predicted molar refractivity (Wildman–Crippen MR) is 88.4 cm³/mol. The van der Waals surface area contributed by atoms with Gasteiger partial charge in [0.25, 0.3) is 0 Å². The number of fused-ring (bicyclic) bond motifs is 1. The fourth-order valence-corrected chi connectivity index (χ4v) is 3.43. The zero-order valence-electron chi connectivity index (χ0n) is 12.0. The predicted octanol–water partition coefficient (Wildman–Crippen LogP) is 5.17. The second kappa shape index (κ2) is 5.70. The van der Waals surface area contributed by atoms with Crippen LogP contribution in [0.25, 0.3) is 20.5 Å². The van der Waals surface area contributed by atoms with E-state index in [2.05, 4.69) is 18.2 Å². The highest BCUT2D eigenvalue weighted by Gasteiger charge is 2.10. The van der Waals surface area contributed by atoms with Crippen molar-refractivity contribution in [1.82, 2.24) is 0 Å². The number of benzene rings is 2. The summed E-state index contributed by atoms with van der Waals surface area (Å²) in [5, 5.41) is 1.21. The number of carbonyl (C=O) groups excluding carboxylic acids is 1. The Morgan fingerprint density at radius 2 is 1.90 bits per heavy atom. The lowest BCUT2D eigenvalue weighted by Gasteiger charge is -2.11. The van der Waals surface area contributed by atoms with Crippen LogP contribution < -0.4 is 4.74 Å². The maximum atomic E-state index is 11.4. The first-order valence-corrected chi connectivity index (χ1v) is 7.74. The summed E-state index contributed by atoms with van der Waals surface area (Å²) >= 11 is 1.70. The molecule has 0 fully saturated rings. The van der Waals surface area contributed by atoms with Gasteiger partial charge in [0.1, 0.15) is 5.75 Å². The number of hydrogen-bond acceptors (Lipinski definition) is 3. The molecule has 1 aromatic heterocycles. The molecule has 3 aromatic rings. The Kier molecular flexibility index (Phi) is 3.76. The summed E-state index contributed by atoms with van der Waals surface area (Å²) in [6, 6.07) is 16.1. The minimum Gasteiger partial charge on any atom is -0.491 e. The lowest BCUT2D eigenvalue weighted by Crippen LogP contribution is -2.05. The Balaban J connectivity index is 2.06. The van der Waals surface area contributed by atoms with E-state index in [4.69, 9.17) is 4.74 Å². The SMILES string of the molecule is CC(C)Oc1ccc(-c2cc3ccccc3s2)c(C=O)c1. The molecule has 106 valence electrons. The van der Waals surface area contributed by atoms with E-state index in [0.29, 0.717) is 5.56 Å². The van der Waals surface area contributed by atoms with E-state index in [9.17, 15) is 4.79 Å². The molecule has 0 aliphatic rings. The number of ether oxygens (including phenoxy) is 1. The number of thiophene rings is 1. The van der Waals surface area contributed by atoms with Gasteiger partial charge in [-0.1, -0.05) is 18.2 Å². The van der Waals surface area contributed by atoms with Gasteiger partial charge in [-0.25, -0.2) is 0 Å². The molecule has 1 heterocycles. The average molecular weight is 296 g/mol. The van der Waals surface area contributed by atoms with Gasteiger partial charge in [0.15, 0.2) is 6.29 Å². The zero-order chi connectivity index (χ0) is 14.8. The first-order valence-electron chi connectivity index (χ1n) is 6.92. The van der Waals surface area contributed by atoms with Crippen LogP contribution in [0.2, 0.25) is 0 Å². The van der Waals surface area contributed by atoms with Crippen LogP contribution in [-0.4, -0.2) is 12.4 Å². The summed E-state index contributed by atoms with van der Waals surface area (Å²) in [7, 11) is 0. The van der Waals surface area contributed by atoms with Gasteiger partial charge in [0.2, 0.25) is 0 Å². The number of hydrogen-bond donors (Lipinski definition) is 0. The summed E-state index contributed by atoms with van der Waals surface area (Å²) in [4.78, 5) is 12.5. The largest absolute Gasteiger partial charge is 0.491 e. The summed E-state index contributed by atoms with van der Waals surface area (Å²) in [5.41, 5.74) is 1.63. The number of carbonyl (C=O) groups is 1. The standard InChI is InChI=1S/C18H16O2S/c1-12(2)20-15-7-8-16(14(9-15)11-19)18-10-13-5-3-4-6-17(13)21-18/h3-12H,1-2H3. The molecular formula is C18H16O2S. The molecule has 3 rings (SSSR count). The summed E-state index contributed by atoms with van der Waals surface area (Å²) < 4.78 is 6.88. The first kappa shape index (κ1) is 13.8. The molecule has 0 bridgehead atoms. The maximum absolute atomic E-state index is 11.4. The van der Waals surface area contributed by atoms with Crippen molar-refractivity contribution in [2.24, 2.45) is 0 Å². The minimum absolute atomic E-state index is 0.0969. The topological polar surface area (TPSA) is 26.3 Å². The van der Waals surface area contributed by atoms with Gasteiger partial charge >= 0.3 is 0 Å². The second-order valence-electron chi connectivity index (χ2n) is 5.18. The Morgan fingerprint density at radius 1 is 1.10 bits per heavy atom. The molecule has 0 spiro atoms. The third-order valence-electron chi connectivity index (χ3n) is 3.21. The van der Waals surface area contributed by atoms with Crippen molar-refractivity contribution in [3.8, 4) is 16.2 Å². The fraction of sp³-hybridized carbons (Fsp3) is 0.167. The molecule has 3 heteroatoms. The van der Waals surface area contributed by atoms with Crippen LogP contribution in [0.5, 0.6) is 5.75 Å². The Hall–Kier alpha value is -2.13. The van der Waals surface area contributed by atoms with Gasteiger partial charge < -0.3 is 4.74 Å². The van der Waals surface area contributed by atoms with E-state index in [1.165, 1.54) is 10.1 Å². The van der Waals surface area contributed by atoms with Crippen molar-refractivity contribution >= 4 is 27.7 Å². The molecule has 0 aliphatic heterocycles. The van der Waals surface area contributed by atoms with Crippen LogP contribution in [0.1, 0.15) is 24.2 Å². The van der Waals surface area contributed by atoms with Crippen molar-refractivity contribution in [2.45, 2.75) is 20.0 Å². The molecular weight excluding hydrogens is 280 g/mol. The fourth-order valence-electron chi connectivity index (χ4n) is 2.32. The van der Waals surface area contributed by atoms with E-state index in [-0.39, 0.29) is 6.10 Å². The first-order chi connectivity index (χ1) is 10.2. The Labute approximate surface area is 128 Å². The smallest absolute Gasteiger partial charge is 0.150 e. The lowest BCUT2D eigenvalue weighted by atomic mass is 10.1. The van der Waals surface area contributed by atoms with Crippen LogP contribution in [0, 0.1) is 0 Å². The van der Waals surface area contributed by atoms with Crippen molar-refractivity contribution < 1.29 is 9.53 Å². The molecule has 0 atom stereocenters. The quantitative estimate of drug-likeness (QED) is 0.621. The highest BCUT2D eigenvalue weighted by atomic mass is 32.1. The lowest BCUT2D eigenvalue weighted by molar-refractivity contribution is 0.112. The van der Waals surface area contributed by atoms with Gasteiger partial charge in [-0.15, -0.1) is 11.3 Å². The van der Waals surface area contributed by atoms with Gasteiger partial charge in [-0.3, -0.25) is 4.79 Å². The average Bonchev–Trinajstić information content (AvgIpc) is 2.90. The van der Waals surface area contributed by atoms with Gasteiger partial charge in [-0.05, 0) is 49.6 Å². The third kappa shape index (κ3) is 2.83. The highest BCUT2D eigenvalue weighted by molar-refractivity contribution is 7.22. The van der Waals surface area contributed by atoms with Crippen molar-refractivity contribution in [3.05, 3.63) is 54.1 Å². The molecule has 0 radical (unpaired) electrons. The van der Waals surface area contributed by atoms with Crippen molar-refractivity contribution in [1.29, 1.82) is 0 Å². The molecule has 0 saturated heterocycles. The molecule has 21 heavy (non-hydrogen) atoms. The van der Waals surface area contributed by atoms with Crippen molar-refractivity contribution in [3.63, 3.8) is 0 Å². The minimum atomic E-state index is 0.0969. The molecule has 0 unspecified atom stereocenters. The second-order valence-corrected chi connectivity index (χ2v) is 6.27. The maximum Gasteiger partial charge on any atom is 0.150 e. The van der Waals surface area contributed by atoms with E-state index in [1.54, 1.807) is 11.3 Å². The van der Waals surface area contributed by atoms with E-state index in [0.717, 1.165) is 22.5 Å². The Bertz CT molecular complexity index is 754. The van der Waals surface area contributed by atoms with E-state index >= 15 is 0 Å². The number of rotatable bonds is 4. The monoisotopic (exact) mass is 296 g/mol. The van der Waals surface area contributed by atoms with Gasteiger partial charge in [-0.2, -0.15) is 0 Å². The summed E-state index contributed by atoms with van der Waals surface area (Å²) in [5.74, 6) is 0.733. The van der Waals surface area contributed by atoms with Crippen LogP contribution >= 0.6 is 11.3 Å². The van der Waals surface area contributed by atoms with E-state index in [1.807, 2.05) is 44.2 Å². The highest BCUT2D eigenvalue weighted by Crippen LogP contribution is 2.36. The van der Waals surface area contributed by atoms with Crippen LogP contribution in [0.3, 0.4) is 0 Å². The Morgan fingerprint density at radius 3 is 2.62 bits per heavy atom. The summed E-state index contributed by atoms with van der Waals surface area (Å²) in [6.07, 6.45) is 0.993. The van der Waals surface area contributed by atoms with Crippen LogP contribution in [-0.2, 0) is 0 Å². The van der Waals surface area contributed by atoms with Crippen LogP contribution in [0.15, 0.2) is 48.5 Å². The number of aldehydes is 1. The molecule has 0 saturated carbocycles. The zero-order valence-corrected chi connectivity index (χ0v) is 12.8. The van der Waals surface area contributed by atoms with Crippen LogP contribution in [0.4, 0.5) is 0 Å². The van der Waals surface area contributed by atoms with Gasteiger partial charge in [0.05, 0.1) is 6.10 Å². The third-order valence-corrected chi connectivity index (χ3v) is 4.36. The van der Waals surface area contributed by atoms with Crippen molar-refractivity contribution in [2.75, 3.05) is 0 Å². The normalized spacial score (nSPS) is 11.0. The van der Waals surface area contributed by atoms with Gasteiger partial charge in [0, 0.05) is 20.7 Å². The molecule has 2 aromatic carbocycles. The summed E-state index contributed by atoms with van der Waals surface area (Å²) in [6.45, 7) is 3.95. The molecule has 0 N–H and O–H groups in total. The molecule has 0 amide bonds. The van der Waals surface area contributed by atoms with E-state index < -0.39 is 0 Å². The molecule has 0 aliphatic carbocycles. The molecule has 2 nitrogen and oxygen atoms in total.